The second-order valence-electron chi connectivity index (χ2n) is 6.31. The fourth-order valence-corrected chi connectivity index (χ4v) is 3.38. The van der Waals surface area contributed by atoms with E-state index in [4.69, 9.17) is 4.74 Å². The Labute approximate surface area is 139 Å². The van der Waals surface area contributed by atoms with E-state index in [0.717, 1.165) is 5.56 Å². The van der Waals surface area contributed by atoms with Gasteiger partial charge < -0.3 is 14.7 Å². The third kappa shape index (κ3) is 3.27. The van der Waals surface area contributed by atoms with Crippen molar-refractivity contribution in [3.8, 4) is 0 Å². The van der Waals surface area contributed by atoms with E-state index in [9.17, 15) is 19.1 Å². The number of carboxylic acid groups (broad SMARTS) is 1. The second kappa shape index (κ2) is 6.86. The van der Waals surface area contributed by atoms with Crippen LogP contribution < -0.4 is 0 Å². The molecular weight excluding hydrogens is 315 g/mol. The van der Waals surface area contributed by atoms with Crippen LogP contribution in [0.1, 0.15) is 12.0 Å². The number of halogens is 1. The standard InChI is InChI=1S/C17H21FN2O4/c18-14-3-1-13(2-4-14)11-15(21)19-6-8-20(9-7-19)17(16(22)23)5-10-24-12-17/h1-4H,5-12H2,(H,22,23). The first-order valence-corrected chi connectivity index (χ1v) is 8.10. The van der Waals surface area contributed by atoms with Gasteiger partial charge in [0, 0.05) is 39.2 Å². The molecule has 1 amide bonds. The summed E-state index contributed by atoms with van der Waals surface area (Å²) in [4.78, 5) is 27.7. The highest BCUT2D eigenvalue weighted by molar-refractivity contribution is 5.80. The Kier molecular flexibility index (Phi) is 4.82. The van der Waals surface area contributed by atoms with Crippen LogP contribution in [0.3, 0.4) is 0 Å². The van der Waals surface area contributed by atoms with Crippen molar-refractivity contribution in [2.45, 2.75) is 18.4 Å². The molecule has 7 heteroatoms. The fraction of sp³-hybridized carbons (Fsp3) is 0.529. The van der Waals surface area contributed by atoms with Gasteiger partial charge in [0.2, 0.25) is 5.91 Å². The number of ether oxygens (including phenoxy) is 1. The van der Waals surface area contributed by atoms with Crippen molar-refractivity contribution in [2.75, 3.05) is 39.4 Å². The van der Waals surface area contributed by atoms with Crippen LogP contribution >= 0.6 is 0 Å². The molecule has 2 aliphatic rings. The number of hydrogen-bond acceptors (Lipinski definition) is 4. The maximum absolute atomic E-state index is 12.9. The summed E-state index contributed by atoms with van der Waals surface area (Å²) in [7, 11) is 0. The third-order valence-corrected chi connectivity index (χ3v) is 4.91. The molecule has 24 heavy (non-hydrogen) atoms. The molecule has 0 radical (unpaired) electrons. The van der Waals surface area contributed by atoms with Gasteiger partial charge in [-0.25, -0.2) is 4.39 Å². The summed E-state index contributed by atoms with van der Waals surface area (Å²) < 4.78 is 18.2. The summed E-state index contributed by atoms with van der Waals surface area (Å²) in [6.45, 7) is 2.68. The number of hydrogen-bond donors (Lipinski definition) is 1. The van der Waals surface area contributed by atoms with Gasteiger partial charge in [-0.2, -0.15) is 0 Å². The number of piperazine rings is 1. The van der Waals surface area contributed by atoms with Crippen LogP contribution in [0.4, 0.5) is 4.39 Å². The Morgan fingerprint density at radius 2 is 1.83 bits per heavy atom. The largest absolute Gasteiger partial charge is 0.480 e. The first kappa shape index (κ1) is 16.9. The second-order valence-corrected chi connectivity index (χ2v) is 6.31. The van der Waals surface area contributed by atoms with Gasteiger partial charge in [0.05, 0.1) is 13.0 Å². The van der Waals surface area contributed by atoms with Crippen LogP contribution in [0.15, 0.2) is 24.3 Å². The van der Waals surface area contributed by atoms with Crippen LogP contribution in [-0.2, 0) is 20.7 Å². The van der Waals surface area contributed by atoms with Crippen LogP contribution in [0.5, 0.6) is 0 Å². The van der Waals surface area contributed by atoms with Crippen LogP contribution in [-0.4, -0.2) is 71.7 Å². The molecule has 2 fully saturated rings. The van der Waals surface area contributed by atoms with Crippen molar-refractivity contribution in [1.82, 2.24) is 9.80 Å². The summed E-state index contributed by atoms with van der Waals surface area (Å²) in [6.07, 6.45) is 0.708. The number of benzene rings is 1. The molecule has 1 aromatic carbocycles. The van der Waals surface area contributed by atoms with E-state index in [1.807, 2.05) is 4.90 Å². The number of nitrogens with zero attached hydrogens (tertiary/aromatic N) is 2. The highest BCUT2D eigenvalue weighted by Crippen LogP contribution is 2.28. The quantitative estimate of drug-likeness (QED) is 0.879. The molecule has 0 aromatic heterocycles. The Bertz CT molecular complexity index is 606. The van der Waals surface area contributed by atoms with E-state index in [0.29, 0.717) is 39.2 Å². The molecule has 1 N–H and O–H groups in total. The molecular formula is C17H21FN2O4. The monoisotopic (exact) mass is 336 g/mol. The van der Waals surface area contributed by atoms with E-state index in [1.165, 1.54) is 12.1 Å². The Hall–Kier alpha value is -1.99. The zero-order valence-electron chi connectivity index (χ0n) is 13.4. The van der Waals surface area contributed by atoms with Crippen molar-refractivity contribution in [3.05, 3.63) is 35.6 Å². The van der Waals surface area contributed by atoms with E-state index in [1.54, 1.807) is 17.0 Å². The molecule has 1 aromatic rings. The lowest BCUT2D eigenvalue weighted by Crippen LogP contribution is -2.62. The first-order chi connectivity index (χ1) is 11.5. The van der Waals surface area contributed by atoms with Gasteiger partial charge in [0.1, 0.15) is 11.4 Å². The number of carbonyl (C=O) groups excluding carboxylic acids is 1. The summed E-state index contributed by atoms with van der Waals surface area (Å²) in [6, 6.07) is 5.91. The van der Waals surface area contributed by atoms with Gasteiger partial charge in [-0.3, -0.25) is 14.5 Å². The molecule has 6 nitrogen and oxygen atoms in total. The van der Waals surface area contributed by atoms with E-state index in [-0.39, 0.29) is 24.8 Å². The molecule has 0 saturated carbocycles. The Morgan fingerprint density at radius 3 is 2.38 bits per heavy atom. The molecule has 2 aliphatic heterocycles. The minimum Gasteiger partial charge on any atom is -0.480 e. The zero-order chi connectivity index (χ0) is 17.2. The number of rotatable bonds is 4. The van der Waals surface area contributed by atoms with Gasteiger partial charge in [-0.1, -0.05) is 12.1 Å². The highest BCUT2D eigenvalue weighted by Gasteiger charge is 2.48. The van der Waals surface area contributed by atoms with Gasteiger partial charge in [0.15, 0.2) is 0 Å². The molecule has 130 valence electrons. The summed E-state index contributed by atoms with van der Waals surface area (Å²) >= 11 is 0. The molecule has 2 heterocycles. The topological polar surface area (TPSA) is 70.1 Å². The van der Waals surface area contributed by atoms with E-state index < -0.39 is 11.5 Å². The molecule has 0 bridgehead atoms. The van der Waals surface area contributed by atoms with Crippen molar-refractivity contribution < 1.29 is 23.8 Å². The number of carbonyl (C=O) groups is 2. The average molecular weight is 336 g/mol. The number of carboxylic acids is 1. The average Bonchev–Trinajstić information content (AvgIpc) is 3.08. The van der Waals surface area contributed by atoms with Crippen LogP contribution in [0, 0.1) is 5.82 Å². The minimum absolute atomic E-state index is 0.0201. The van der Waals surface area contributed by atoms with Gasteiger partial charge in [-0.05, 0) is 17.7 Å². The van der Waals surface area contributed by atoms with Crippen molar-refractivity contribution >= 4 is 11.9 Å². The van der Waals surface area contributed by atoms with Gasteiger partial charge in [-0.15, -0.1) is 0 Å². The van der Waals surface area contributed by atoms with Crippen molar-refractivity contribution in [2.24, 2.45) is 0 Å². The zero-order valence-corrected chi connectivity index (χ0v) is 13.4. The number of amides is 1. The molecule has 2 saturated heterocycles. The lowest BCUT2D eigenvalue weighted by molar-refractivity contribution is -0.153. The minimum atomic E-state index is -0.952. The Balaban J connectivity index is 1.57. The maximum Gasteiger partial charge on any atom is 0.326 e. The predicted octanol–water partition coefficient (Wildman–Crippen LogP) is 0.756. The molecule has 1 atom stereocenters. The third-order valence-electron chi connectivity index (χ3n) is 4.91. The SMILES string of the molecule is O=C(Cc1ccc(F)cc1)N1CCN(C2(C(=O)O)CCOC2)CC1. The van der Waals surface area contributed by atoms with Gasteiger partial charge in [0.25, 0.3) is 0 Å². The smallest absolute Gasteiger partial charge is 0.326 e. The normalized spacial score (nSPS) is 25.0. The molecule has 3 rings (SSSR count). The maximum atomic E-state index is 12.9. The predicted molar refractivity (Wildman–Crippen MR) is 84.1 cm³/mol. The number of aliphatic carboxylic acids is 1. The van der Waals surface area contributed by atoms with Crippen molar-refractivity contribution in [1.29, 1.82) is 0 Å². The van der Waals surface area contributed by atoms with E-state index in [2.05, 4.69) is 0 Å². The lowest BCUT2D eigenvalue weighted by atomic mass is 9.95. The highest BCUT2D eigenvalue weighted by atomic mass is 19.1. The van der Waals surface area contributed by atoms with Crippen molar-refractivity contribution in [3.63, 3.8) is 0 Å². The lowest BCUT2D eigenvalue weighted by Gasteiger charge is -2.42. The van der Waals surface area contributed by atoms with Crippen LogP contribution in [0.25, 0.3) is 0 Å². The summed E-state index contributed by atoms with van der Waals surface area (Å²) in [5.74, 6) is -1.20. The Morgan fingerprint density at radius 1 is 1.17 bits per heavy atom. The summed E-state index contributed by atoms with van der Waals surface area (Å²) in [5.41, 5.74) is -0.179. The first-order valence-electron chi connectivity index (χ1n) is 8.10. The van der Waals surface area contributed by atoms with Crippen LogP contribution in [0.2, 0.25) is 0 Å². The molecule has 0 aliphatic carbocycles. The summed E-state index contributed by atoms with van der Waals surface area (Å²) in [5, 5.41) is 9.58. The fourth-order valence-electron chi connectivity index (χ4n) is 3.38. The van der Waals surface area contributed by atoms with E-state index >= 15 is 0 Å². The van der Waals surface area contributed by atoms with Gasteiger partial charge >= 0.3 is 5.97 Å². The molecule has 1 unspecified atom stereocenters. The molecule has 0 spiro atoms.